The zero-order valence-corrected chi connectivity index (χ0v) is 17.6. The zero-order chi connectivity index (χ0) is 20.0. The number of nitrogens with zero attached hydrogens (tertiary/aromatic N) is 2. The number of guanidine groups is 1. The number of halogens is 1. The number of nitrogens with one attached hydrogen (secondary N) is 2. The van der Waals surface area contributed by atoms with Crippen molar-refractivity contribution < 1.29 is 9.53 Å². The van der Waals surface area contributed by atoms with Crippen molar-refractivity contribution in [3.63, 3.8) is 0 Å². The highest BCUT2D eigenvalue weighted by atomic mass is 35.5. The lowest BCUT2D eigenvalue weighted by molar-refractivity contribution is -0.129. The Kier molecular flexibility index (Phi) is 7.18. The van der Waals surface area contributed by atoms with E-state index in [0.717, 1.165) is 63.1 Å². The van der Waals surface area contributed by atoms with Gasteiger partial charge in [0.25, 0.3) is 0 Å². The van der Waals surface area contributed by atoms with Crippen LogP contribution >= 0.6 is 11.6 Å². The molecule has 2 aliphatic rings. The van der Waals surface area contributed by atoms with Gasteiger partial charge in [-0.2, -0.15) is 0 Å². The van der Waals surface area contributed by atoms with Gasteiger partial charge < -0.3 is 20.3 Å². The molecule has 2 aliphatic heterocycles. The van der Waals surface area contributed by atoms with Gasteiger partial charge in [0.1, 0.15) is 0 Å². The minimum Gasteiger partial charge on any atom is -0.381 e. The number of rotatable bonds is 5. The van der Waals surface area contributed by atoms with E-state index >= 15 is 0 Å². The summed E-state index contributed by atoms with van der Waals surface area (Å²) in [6, 6.07) is 8.32. The molecule has 2 saturated heterocycles. The Bertz CT molecular complexity index is 703. The fourth-order valence-electron chi connectivity index (χ4n) is 4.16. The maximum atomic E-state index is 11.9. The van der Waals surface area contributed by atoms with Crippen molar-refractivity contribution in [1.82, 2.24) is 15.5 Å². The first kappa shape index (κ1) is 20.9. The Morgan fingerprint density at radius 1 is 1.36 bits per heavy atom. The molecular weight excluding hydrogens is 376 g/mol. The van der Waals surface area contributed by atoms with Crippen LogP contribution in [0.5, 0.6) is 0 Å². The molecule has 7 heteroatoms. The van der Waals surface area contributed by atoms with Gasteiger partial charge in [-0.25, -0.2) is 0 Å². The van der Waals surface area contributed by atoms with Crippen molar-refractivity contribution in [3.05, 3.63) is 34.9 Å². The molecule has 1 aromatic rings. The highest BCUT2D eigenvalue weighted by Gasteiger charge is 2.36. The number of carbonyl (C=O) groups excluding carboxylic acids is 1. The van der Waals surface area contributed by atoms with Crippen LogP contribution in [0.1, 0.15) is 38.2 Å². The first-order chi connectivity index (χ1) is 13.6. The lowest BCUT2D eigenvalue weighted by atomic mass is 9.74. The van der Waals surface area contributed by atoms with E-state index in [4.69, 9.17) is 16.3 Å². The van der Waals surface area contributed by atoms with Crippen LogP contribution in [0.15, 0.2) is 29.3 Å². The maximum absolute atomic E-state index is 11.9. The average molecular weight is 407 g/mol. The molecule has 0 saturated carbocycles. The minimum absolute atomic E-state index is 0.0753. The molecule has 1 aromatic carbocycles. The molecule has 0 spiro atoms. The smallest absolute Gasteiger partial charge is 0.222 e. The standard InChI is InChI=1S/C21H31ClN4O2/c1-3-19(27)26-11-8-16(14-26)25-20(23-2)24-15-21(9-12-28-13-10-21)17-6-4-5-7-18(17)22/h4-7,16H,3,8-15H2,1-2H3,(H2,23,24,25). The van der Waals surface area contributed by atoms with Crippen LogP contribution in [0.3, 0.4) is 0 Å². The van der Waals surface area contributed by atoms with Crippen molar-refractivity contribution in [2.45, 2.75) is 44.1 Å². The quantitative estimate of drug-likeness (QED) is 0.582. The molecule has 2 fully saturated rings. The van der Waals surface area contributed by atoms with Crippen LogP contribution in [0.4, 0.5) is 0 Å². The van der Waals surface area contributed by atoms with Crippen molar-refractivity contribution in [2.24, 2.45) is 4.99 Å². The first-order valence-electron chi connectivity index (χ1n) is 10.2. The van der Waals surface area contributed by atoms with Gasteiger partial charge in [-0.15, -0.1) is 0 Å². The number of aliphatic imine (C=N–C) groups is 1. The largest absolute Gasteiger partial charge is 0.381 e. The van der Waals surface area contributed by atoms with Gasteiger partial charge in [-0.1, -0.05) is 36.7 Å². The van der Waals surface area contributed by atoms with E-state index in [0.29, 0.717) is 6.42 Å². The summed E-state index contributed by atoms with van der Waals surface area (Å²) in [5.41, 5.74) is 1.09. The SMILES string of the molecule is CCC(=O)N1CCC(NC(=NC)NCC2(c3ccccc3Cl)CCOCC2)C1. The summed E-state index contributed by atoms with van der Waals surface area (Å²) in [7, 11) is 1.78. The minimum atomic E-state index is -0.0753. The van der Waals surface area contributed by atoms with E-state index in [2.05, 4.69) is 21.7 Å². The molecular formula is C21H31ClN4O2. The fourth-order valence-corrected chi connectivity index (χ4v) is 4.50. The van der Waals surface area contributed by atoms with E-state index in [-0.39, 0.29) is 17.4 Å². The number of benzene rings is 1. The lowest BCUT2D eigenvalue weighted by Gasteiger charge is -2.39. The van der Waals surface area contributed by atoms with Gasteiger partial charge in [0.15, 0.2) is 5.96 Å². The zero-order valence-electron chi connectivity index (χ0n) is 16.8. The number of hydrogen-bond donors (Lipinski definition) is 2. The first-order valence-corrected chi connectivity index (χ1v) is 10.5. The molecule has 2 heterocycles. The molecule has 1 atom stereocenters. The summed E-state index contributed by atoms with van der Waals surface area (Å²) >= 11 is 6.54. The summed E-state index contributed by atoms with van der Waals surface area (Å²) in [5, 5.41) is 7.79. The number of carbonyl (C=O) groups is 1. The third-order valence-corrected chi connectivity index (χ3v) is 6.23. The van der Waals surface area contributed by atoms with E-state index in [1.54, 1.807) is 7.05 Å². The van der Waals surface area contributed by atoms with Gasteiger partial charge in [0.05, 0.1) is 0 Å². The molecule has 3 rings (SSSR count). The van der Waals surface area contributed by atoms with E-state index in [9.17, 15) is 4.79 Å². The van der Waals surface area contributed by atoms with Gasteiger partial charge in [0.2, 0.25) is 5.91 Å². The van der Waals surface area contributed by atoms with Crippen LogP contribution < -0.4 is 10.6 Å². The highest BCUT2D eigenvalue weighted by molar-refractivity contribution is 6.31. The predicted molar refractivity (Wildman–Crippen MR) is 113 cm³/mol. The lowest BCUT2D eigenvalue weighted by Crippen LogP contribution is -2.50. The molecule has 6 nitrogen and oxygen atoms in total. The predicted octanol–water partition coefficient (Wildman–Crippen LogP) is 2.56. The summed E-state index contributed by atoms with van der Waals surface area (Å²) < 4.78 is 5.62. The molecule has 154 valence electrons. The Morgan fingerprint density at radius 2 is 2.11 bits per heavy atom. The third kappa shape index (κ3) is 4.78. The van der Waals surface area contributed by atoms with E-state index in [1.807, 2.05) is 30.0 Å². The van der Waals surface area contributed by atoms with Crippen molar-refractivity contribution >= 4 is 23.5 Å². The third-order valence-electron chi connectivity index (χ3n) is 5.90. The molecule has 0 aliphatic carbocycles. The Labute approximate surface area is 172 Å². The summed E-state index contributed by atoms with van der Waals surface area (Å²) in [6.45, 7) is 5.65. The molecule has 0 bridgehead atoms. The van der Waals surface area contributed by atoms with E-state index in [1.165, 1.54) is 5.56 Å². The van der Waals surface area contributed by atoms with Gasteiger partial charge >= 0.3 is 0 Å². The van der Waals surface area contributed by atoms with Crippen LogP contribution in [0, 0.1) is 0 Å². The van der Waals surface area contributed by atoms with Crippen molar-refractivity contribution in [2.75, 3.05) is 39.9 Å². The van der Waals surface area contributed by atoms with E-state index < -0.39 is 0 Å². The number of ether oxygens (including phenoxy) is 1. The Hall–Kier alpha value is -1.79. The second-order valence-corrected chi connectivity index (χ2v) is 8.03. The Morgan fingerprint density at radius 3 is 2.79 bits per heavy atom. The fraction of sp³-hybridized carbons (Fsp3) is 0.619. The normalized spacial score (nSPS) is 22.2. The number of amides is 1. The Balaban J connectivity index is 1.64. The van der Waals surface area contributed by atoms with Crippen LogP contribution in [-0.2, 0) is 14.9 Å². The molecule has 0 radical (unpaired) electrons. The average Bonchev–Trinajstić information content (AvgIpc) is 3.20. The van der Waals surface area contributed by atoms with Crippen molar-refractivity contribution in [3.8, 4) is 0 Å². The second kappa shape index (κ2) is 9.61. The molecule has 2 N–H and O–H groups in total. The van der Waals surface area contributed by atoms with Gasteiger partial charge in [-0.3, -0.25) is 9.79 Å². The topological polar surface area (TPSA) is 66.0 Å². The van der Waals surface area contributed by atoms with Crippen LogP contribution in [-0.4, -0.2) is 62.7 Å². The molecule has 1 amide bonds. The second-order valence-electron chi connectivity index (χ2n) is 7.62. The summed E-state index contributed by atoms with van der Waals surface area (Å²) in [5.74, 6) is 0.987. The van der Waals surface area contributed by atoms with Crippen LogP contribution in [0.2, 0.25) is 5.02 Å². The van der Waals surface area contributed by atoms with Crippen molar-refractivity contribution in [1.29, 1.82) is 0 Å². The monoisotopic (exact) mass is 406 g/mol. The van der Waals surface area contributed by atoms with Gasteiger partial charge in [-0.05, 0) is 30.9 Å². The molecule has 1 unspecified atom stereocenters. The highest BCUT2D eigenvalue weighted by Crippen LogP contribution is 2.38. The maximum Gasteiger partial charge on any atom is 0.222 e. The summed E-state index contributed by atoms with van der Waals surface area (Å²) in [4.78, 5) is 18.2. The van der Waals surface area contributed by atoms with Crippen LogP contribution in [0.25, 0.3) is 0 Å². The molecule has 28 heavy (non-hydrogen) atoms. The van der Waals surface area contributed by atoms with Gasteiger partial charge in [0, 0.05) is 62.8 Å². The summed E-state index contributed by atoms with van der Waals surface area (Å²) in [6.07, 6.45) is 3.34. The number of hydrogen-bond acceptors (Lipinski definition) is 3. The molecule has 0 aromatic heterocycles. The number of likely N-dealkylation sites (tertiary alicyclic amines) is 1.